The van der Waals surface area contributed by atoms with Crippen LogP contribution in [0.2, 0.25) is 0 Å². The van der Waals surface area contributed by atoms with Crippen molar-refractivity contribution in [1.82, 2.24) is 0 Å². The summed E-state index contributed by atoms with van der Waals surface area (Å²) in [6.45, 7) is 0.451. The average Bonchev–Trinajstić information content (AvgIpc) is 2.71. The maximum Gasteiger partial charge on any atom is 0.270 e. The van der Waals surface area contributed by atoms with E-state index in [1.165, 1.54) is 18.2 Å². The van der Waals surface area contributed by atoms with Crippen LogP contribution in [0.3, 0.4) is 0 Å². The second-order valence-electron chi connectivity index (χ2n) is 6.50. The van der Waals surface area contributed by atoms with Gasteiger partial charge >= 0.3 is 0 Å². The number of nitrogen functional groups attached to an aromatic ring is 1. The number of anilines is 2. The first-order valence-corrected chi connectivity index (χ1v) is 8.75. The highest BCUT2D eigenvalue weighted by Gasteiger charge is 2.31. The van der Waals surface area contributed by atoms with Crippen molar-refractivity contribution < 1.29 is 10.0 Å². The lowest BCUT2D eigenvalue weighted by molar-refractivity contribution is -0.384. The van der Waals surface area contributed by atoms with Crippen LogP contribution in [-0.2, 0) is 6.54 Å². The van der Waals surface area contributed by atoms with Gasteiger partial charge in [-0.05, 0) is 23.8 Å². The normalized spacial score (nSPS) is 15.7. The predicted octanol–water partition coefficient (Wildman–Crippen LogP) is 3.64. The molecule has 0 amide bonds. The number of nitrogens with two attached hydrogens (primary N) is 1. The molecule has 7 heteroatoms. The van der Waals surface area contributed by atoms with Crippen LogP contribution in [0, 0.1) is 10.1 Å². The van der Waals surface area contributed by atoms with Gasteiger partial charge in [0.1, 0.15) is 0 Å². The van der Waals surface area contributed by atoms with Crippen molar-refractivity contribution in [2.24, 2.45) is 4.99 Å². The highest BCUT2D eigenvalue weighted by molar-refractivity contribution is 6.12. The zero-order chi connectivity index (χ0) is 19.7. The smallest absolute Gasteiger partial charge is 0.270 e. The molecule has 3 aromatic rings. The summed E-state index contributed by atoms with van der Waals surface area (Å²) in [5.41, 5.74) is 9.40. The largest absolute Gasteiger partial charge is 0.398 e. The van der Waals surface area contributed by atoms with Gasteiger partial charge in [-0.2, -0.15) is 0 Å². The van der Waals surface area contributed by atoms with Crippen molar-refractivity contribution >= 4 is 28.5 Å². The van der Waals surface area contributed by atoms with Gasteiger partial charge < -0.3 is 15.7 Å². The first-order valence-electron chi connectivity index (χ1n) is 8.75. The van der Waals surface area contributed by atoms with Crippen LogP contribution in [0.15, 0.2) is 77.8 Å². The molecule has 1 heterocycles. The van der Waals surface area contributed by atoms with Gasteiger partial charge in [0.05, 0.1) is 22.0 Å². The molecule has 140 valence electrons. The number of para-hydroxylation sites is 2. The Morgan fingerprint density at radius 2 is 1.79 bits per heavy atom. The minimum atomic E-state index is -1.10. The van der Waals surface area contributed by atoms with Crippen LogP contribution in [0.1, 0.15) is 11.1 Å². The Morgan fingerprint density at radius 1 is 1.07 bits per heavy atom. The number of benzene rings is 3. The van der Waals surface area contributed by atoms with Crippen molar-refractivity contribution in [1.29, 1.82) is 0 Å². The molecule has 0 bridgehead atoms. The number of nitro groups is 1. The average molecular weight is 374 g/mol. The second-order valence-corrected chi connectivity index (χ2v) is 6.50. The molecule has 0 fully saturated rings. The Kier molecular flexibility index (Phi) is 4.50. The van der Waals surface area contributed by atoms with Gasteiger partial charge in [-0.1, -0.05) is 42.5 Å². The SMILES string of the molecule is Nc1ccc([N+](=O)[O-])cc1C1=Nc2ccccc2N(Cc2ccccc2)C1O. The minimum absolute atomic E-state index is 0.104. The molecule has 1 aliphatic heterocycles. The van der Waals surface area contributed by atoms with E-state index in [1.54, 1.807) is 0 Å². The second kappa shape index (κ2) is 7.13. The first-order chi connectivity index (χ1) is 13.5. The van der Waals surface area contributed by atoms with E-state index in [2.05, 4.69) is 4.99 Å². The number of non-ortho nitro benzene ring substituents is 1. The van der Waals surface area contributed by atoms with E-state index in [9.17, 15) is 15.2 Å². The molecule has 0 radical (unpaired) electrons. The monoisotopic (exact) mass is 374 g/mol. The summed E-state index contributed by atoms with van der Waals surface area (Å²) >= 11 is 0. The van der Waals surface area contributed by atoms with E-state index in [4.69, 9.17) is 5.73 Å². The molecule has 0 saturated carbocycles. The molecule has 0 aliphatic carbocycles. The zero-order valence-corrected chi connectivity index (χ0v) is 14.9. The highest BCUT2D eigenvalue weighted by Crippen LogP contribution is 2.37. The van der Waals surface area contributed by atoms with Crippen molar-refractivity contribution in [3.05, 3.63) is 94.0 Å². The number of nitro benzene ring substituents is 1. The molecule has 1 aliphatic rings. The van der Waals surface area contributed by atoms with Crippen LogP contribution in [-0.4, -0.2) is 22.0 Å². The Balaban J connectivity index is 1.82. The summed E-state index contributed by atoms with van der Waals surface area (Å²) in [4.78, 5) is 17.1. The fraction of sp³-hybridized carbons (Fsp3) is 0.0952. The molecule has 3 aromatic carbocycles. The fourth-order valence-corrected chi connectivity index (χ4v) is 3.30. The van der Waals surface area contributed by atoms with E-state index < -0.39 is 11.2 Å². The molecule has 1 atom stereocenters. The molecule has 3 N–H and O–H groups in total. The van der Waals surface area contributed by atoms with Crippen LogP contribution in [0.25, 0.3) is 0 Å². The Hall–Kier alpha value is -3.71. The molecule has 4 rings (SSSR count). The van der Waals surface area contributed by atoms with Crippen molar-refractivity contribution in [3.63, 3.8) is 0 Å². The van der Waals surface area contributed by atoms with Gasteiger partial charge in [0, 0.05) is 29.9 Å². The quantitative estimate of drug-likeness (QED) is 0.412. The molecule has 0 aromatic heterocycles. The number of rotatable bonds is 4. The zero-order valence-electron chi connectivity index (χ0n) is 14.9. The van der Waals surface area contributed by atoms with Gasteiger partial charge in [0.2, 0.25) is 0 Å². The number of hydrogen-bond donors (Lipinski definition) is 2. The molecule has 0 spiro atoms. The summed E-state index contributed by atoms with van der Waals surface area (Å²) in [6.07, 6.45) is -1.10. The molecule has 28 heavy (non-hydrogen) atoms. The lowest BCUT2D eigenvalue weighted by atomic mass is 10.0. The lowest BCUT2D eigenvalue weighted by Crippen LogP contribution is -2.43. The maximum atomic E-state index is 11.2. The predicted molar refractivity (Wildman–Crippen MR) is 109 cm³/mol. The van der Waals surface area contributed by atoms with Crippen LogP contribution >= 0.6 is 0 Å². The Bertz CT molecular complexity index is 1070. The van der Waals surface area contributed by atoms with E-state index in [-0.39, 0.29) is 11.4 Å². The summed E-state index contributed by atoms with van der Waals surface area (Å²) in [7, 11) is 0. The number of fused-ring (bicyclic) bond motifs is 1. The number of aliphatic hydroxyl groups is 1. The Morgan fingerprint density at radius 3 is 2.54 bits per heavy atom. The minimum Gasteiger partial charge on any atom is -0.398 e. The van der Waals surface area contributed by atoms with Crippen LogP contribution < -0.4 is 10.6 Å². The lowest BCUT2D eigenvalue weighted by Gasteiger charge is -2.35. The van der Waals surface area contributed by atoms with Gasteiger partial charge in [0.25, 0.3) is 5.69 Å². The van der Waals surface area contributed by atoms with E-state index in [0.29, 0.717) is 23.5 Å². The van der Waals surface area contributed by atoms with Gasteiger partial charge in [0.15, 0.2) is 6.23 Å². The summed E-state index contributed by atoms with van der Waals surface area (Å²) < 4.78 is 0. The summed E-state index contributed by atoms with van der Waals surface area (Å²) in [5.74, 6) is 0. The van der Waals surface area contributed by atoms with Gasteiger partial charge in [-0.3, -0.25) is 10.1 Å². The van der Waals surface area contributed by atoms with Crippen LogP contribution in [0.5, 0.6) is 0 Å². The van der Waals surface area contributed by atoms with E-state index >= 15 is 0 Å². The molecule has 0 saturated heterocycles. The number of hydrogen-bond acceptors (Lipinski definition) is 6. The maximum absolute atomic E-state index is 11.2. The van der Waals surface area contributed by atoms with Gasteiger partial charge in [-0.15, -0.1) is 0 Å². The number of nitrogens with zero attached hydrogens (tertiary/aromatic N) is 3. The van der Waals surface area contributed by atoms with Crippen molar-refractivity contribution in [2.45, 2.75) is 12.8 Å². The topological polar surface area (TPSA) is 105 Å². The summed E-state index contributed by atoms with van der Waals surface area (Å²) in [6, 6.07) is 21.4. The summed E-state index contributed by atoms with van der Waals surface area (Å²) in [5, 5.41) is 22.3. The van der Waals surface area contributed by atoms with Crippen LogP contribution in [0.4, 0.5) is 22.7 Å². The third-order valence-electron chi connectivity index (χ3n) is 4.69. The number of aliphatic imine (C=N–C) groups is 1. The molecular formula is C21H18N4O3. The van der Waals surface area contributed by atoms with Crippen molar-refractivity contribution in [2.75, 3.05) is 10.6 Å². The molecule has 1 unspecified atom stereocenters. The van der Waals surface area contributed by atoms with Crippen molar-refractivity contribution in [3.8, 4) is 0 Å². The third kappa shape index (κ3) is 3.19. The molecule has 7 nitrogen and oxygen atoms in total. The number of aliphatic hydroxyl groups excluding tert-OH is 1. The fourth-order valence-electron chi connectivity index (χ4n) is 3.30. The Labute approximate surface area is 161 Å². The standard InChI is InChI=1S/C21H18N4O3/c22-17-11-10-15(25(27)28)12-16(17)20-21(26)24(13-14-6-2-1-3-7-14)19-9-5-4-8-18(19)23-20/h1-12,21,26H,13,22H2. The van der Waals surface area contributed by atoms with Gasteiger partial charge in [-0.25, -0.2) is 4.99 Å². The third-order valence-corrected chi connectivity index (χ3v) is 4.69. The molecular weight excluding hydrogens is 356 g/mol. The van der Waals surface area contributed by atoms with E-state index in [1.807, 2.05) is 59.5 Å². The first kappa shape index (κ1) is 17.7. The van der Waals surface area contributed by atoms with E-state index in [0.717, 1.165) is 11.3 Å². The highest BCUT2D eigenvalue weighted by atomic mass is 16.6.